The largest absolute Gasteiger partial charge is 0.489 e. The smallest absolute Gasteiger partial charge is 0.408 e. The number of alkyl carbamates (subject to hydrolysis) is 1. The lowest BCUT2D eigenvalue weighted by molar-refractivity contribution is -0.169. The molecule has 0 fully saturated rings. The summed E-state index contributed by atoms with van der Waals surface area (Å²) in [6.45, 7) is 7.26. The van der Waals surface area contributed by atoms with E-state index >= 15 is 8.78 Å². The highest BCUT2D eigenvalue weighted by molar-refractivity contribution is 5.87. The van der Waals surface area contributed by atoms with Crippen molar-refractivity contribution in [3.05, 3.63) is 138 Å². The van der Waals surface area contributed by atoms with Gasteiger partial charge in [-0.2, -0.15) is 8.78 Å². The van der Waals surface area contributed by atoms with Crippen LogP contribution in [0.2, 0.25) is 0 Å². The molecule has 0 unspecified atom stereocenters. The van der Waals surface area contributed by atoms with E-state index in [0.717, 1.165) is 16.7 Å². The molecule has 0 bridgehead atoms. The van der Waals surface area contributed by atoms with Gasteiger partial charge in [-0.05, 0) is 52.6 Å². The van der Waals surface area contributed by atoms with Gasteiger partial charge in [0, 0.05) is 0 Å². The van der Waals surface area contributed by atoms with Crippen molar-refractivity contribution in [1.82, 2.24) is 16.0 Å². The molecule has 10 nitrogen and oxygen atoms in total. The van der Waals surface area contributed by atoms with Crippen LogP contribution >= 0.6 is 0 Å². The summed E-state index contributed by atoms with van der Waals surface area (Å²) in [4.78, 5) is 39.7. The van der Waals surface area contributed by atoms with Crippen molar-refractivity contribution in [2.75, 3.05) is 6.61 Å². The summed E-state index contributed by atoms with van der Waals surface area (Å²) in [5, 5.41) is 18.6. The molecule has 0 aliphatic carbocycles. The zero-order valence-corrected chi connectivity index (χ0v) is 31.6. The van der Waals surface area contributed by atoms with Crippen molar-refractivity contribution >= 4 is 17.9 Å². The van der Waals surface area contributed by atoms with Crippen molar-refractivity contribution < 1.29 is 42.5 Å². The molecule has 0 radical (unpaired) electrons. The maximum Gasteiger partial charge on any atom is 0.408 e. The first-order chi connectivity index (χ1) is 26.3. The Labute approximate surface area is 321 Å². The van der Waals surface area contributed by atoms with E-state index in [9.17, 15) is 19.5 Å². The third kappa shape index (κ3) is 13.5. The predicted octanol–water partition coefficient (Wildman–Crippen LogP) is 6.60. The third-order valence-corrected chi connectivity index (χ3v) is 8.98. The molecule has 4 aromatic rings. The molecule has 0 spiro atoms. The van der Waals surface area contributed by atoms with Gasteiger partial charge in [0.2, 0.25) is 5.91 Å². The number of aliphatic hydroxyl groups excluding tert-OH is 1. The average molecular weight is 760 g/mol. The van der Waals surface area contributed by atoms with Crippen LogP contribution in [-0.2, 0) is 45.3 Å². The van der Waals surface area contributed by atoms with Crippen LogP contribution in [0.1, 0.15) is 49.9 Å². The topological polar surface area (TPSA) is 135 Å². The van der Waals surface area contributed by atoms with Crippen molar-refractivity contribution in [3.63, 3.8) is 0 Å². The van der Waals surface area contributed by atoms with E-state index < -0.39 is 54.0 Å². The van der Waals surface area contributed by atoms with Gasteiger partial charge in [-0.15, -0.1) is 0 Å². The fourth-order valence-electron chi connectivity index (χ4n) is 5.59. The summed E-state index contributed by atoms with van der Waals surface area (Å²) in [6, 6.07) is 30.6. The second-order valence-corrected chi connectivity index (χ2v) is 14.1. The first kappa shape index (κ1) is 42.4. The molecule has 0 aliphatic rings. The number of aliphatic hydroxyl groups is 1. The number of hydrogen-bond acceptors (Lipinski definition) is 7. The van der Waals surface area contributed by atoms with Crippen LogP contribution in [0.25, 0.3) is 0 Å². The van der Waals surface area contributed by atoms with E-state index in [1.807, 2.05) is 66.7 Å². The van der Waals surface area contributed by atoms with Gasteiger partial charge < -0.3 is 35.3 Å². The molecule has 12 heteroatoms. The Morgan fingerprint density at radius 3 is 1.69 bits per heavy atom. The van der Waals surface area contributed by atoms with Crippen LogP contribution in [0.15, 0.2) is 115 Å². The van der Waals surface area contributed by atoms with Crippen LogP contribution in [0.3, 0.4) is 0 Å². The van der Waals surface area contributed by atoms with Gasteiger partial charge in [-0.1, -0.05) is 131 Å². The minimum absolute atomic E-state index is 0.0502. The number of rotatable bonds is 20. The third-order valence-electron chi connectivity index (χ3n) is 8.98. The second-order valence-electron chi connectivity index (χ2n) is 14.1. The molecule has 4 atom stereocenters. The van der Waals surface area contributed by atoms with Crippen LogP contribution in [-0.4, -0.2) is 59.8 Å². The van der Waals surface area contributed by atoms with Gasteiger partial charge in [0.15, 0.2) is 0 Å². The van der Waals surface area contributed by atoms with E-state index in [-0.39, 0.29) is 32.2 Å². The lowest BCUT2D eigenvalue weighted by Gasteiger charge is -2.33. The molecule has 4 N–H and O–H groups in total. The molecule has 4 aromatic carbocycles. The number of amides is 3. The molecule has 0 aliphatic heterocycles. The molecule has 0 saturated carbocycles. The molecule has 294 valence electrons. The molecule has 0 saturated heterocycles. The molecule has 4 rings (SSSR count). The van der Waals surface area contributed by atoms with E-state index in [0.29, 0.717) is 17.9 Å². The highest BCUT2D eigenvalue weighted by Crippen LogP contribution is 2.26. The first-order valence-corrected chi connectivity index (χ1v) is 18.3. The highest BCUT2D eigenvalue weighted by Gasteiger charge is 2.51. The van der Waals surface area contributed by atoms with Crippen LogP contribution < -0.4 is 20.7 Å². The molecule has 3 amide bonds. The molecular formula is C43H51F2N3O7. The summed E-state index contributed by atoms with van der Waals surface area (Å²) in [7, 11) is 0. The number of benzene rings is 4. The van der Waals surface area contributed by atoms with E-state index in [4.69, 9.17) is 14.2 Å². The molecular weight excluding hydrogens is 708 g/mol. The van der Waals surface area contributed by atoms with Crippen LogP contribution in [0.4, 0.5) is 13.6 Å². The number of halogens is 2. The number of ether oxygens (including phenoxy) is 3. The number of hydrogen-bond donors (Lipinski definition) is 4. The zero-order valence-electron chi connectivity index (χ0n) is 31.6. The fraction of sp³-hybridized carbons (Fsp3) is 0.372. The number of alkyl halides is 2. The zero-order chi connectivity index (χ0) is 39.8. The van der Waals surface area contributed by atoms with Gasteiger partial charge in [-0.25, -0.2) is 4.79 Å². The predicted molar refractivity (Wildman–Crippen MR) is 205 cm³/mol. The Hall–Kier alpha value is -5.33. The van der Waals surface area contributed by atoms with Gasteiger partial charge in [0.05, 0.1) is 25.3 Å². The second kappa shape index (κ2) is 20.9. The van der Waals surface area contributed by atoms with E-state index in [2.05, 4.69) is 16.0 Å². The Kier molecular flexibility index (Phi) is 16.1. The summed E-state index contributed by atoms with van der Waals surface area (Å²) in [5.74, 6) is -7.18. The minimum Gasteiger partial charge on any atom is -0.489 e. The fourth-order valence-corrected chi connectivity index (χ4v) is 5.59. The van der Waals surface area contributed by atoms with Crippen molar-refractivity contribution in [2.24, 2.45) is 11.8 Å². The van der Waals surface area contributed by atoms with Crippen molar-refractivity contribution in [2.45, 2.75) is 84.1 Å². The van der Waals surface area contributed by atoms with Gasteiger partial charge in [0.1, 0.15) is 31.1 Å². The van der Waals surface area contributed by atoms with Crippen LogP contribution in [0, 0.1) is 11.8 Å². The normalized spacial score (nSPS) is 13.7. The Morgan fingerprint density at radius 2 is 1.16 bits per heavy atom. The lowest BCUT2D eigenvalue weighted by atomic mass is 9.94. The highest BCUT2D eigenvalue weighted by atomic mass is 19.3. The number of carbonyl (C=O) groups is 3. The SMILES string of the molecule is CC(C)[C@H](COCc1ccccc1)NC(=O)C(F)(F)[C@H](O)[C@H](Cc1ccc(OCc2ccccc2)cc1)NC(=O)[C@@H](NC(=O)OCc1ccccc1)C(C)C. The summed E-state index contributed by atoms with van der Waals surface area (Å²) < 4.78 is 48.9. The lowest BCUT2D eigenvalue weighted by Crippen LogP contribution is -2.62. The number of carbonyl (C=O) groups excluding carboxylic acids is 3. The van der Waals surface area contributed by atoms with Gasteiger partial charge >= 0.3 is 12.0 Å². The number of nitrogens with one attached hydrogen (secondary N) is 3. The molecule has 0 heterocycles. The van der Waals surface area contributed by atoms with Crippen molar-refractivity contribution in [1.29, 1.82) is 0 Å². The van der Waals surface area contributed by atoms with Gasteiger partial charge in [-0.3, -0.25) is 9.59 Å². The monoisotopic (exact) mass is 759 g/mol. The summed E-state index contributed by atoms with van der Waals surface area (Å²) in [5.41, 5.74) is 3.03. The Morgan fingerprint density at radius 1 is 0.636 bits per heavy atom. The average Bonchev–Trinajstić information content (AvgIpc) is 3.18. The molecule has 55 heavy (non-hydrogen) atoms. The van der Waals surface area contributed by atoms with Crippen molar-refractivity contribution in [3.8, 4) is 5.75 Å². The van der Waals surface area contributed by atoms with Gasteiger partial charge in [0.25, 0.3) is 5.91 Å². The summed E-state index contributed by atoms with van der Waals surface area (Å²) >= 11 is 0. The van der Waals surface area contributed by atoms with E-state index in [1.54, 1.807) is 76.2 Å². The first-order valence-electron chi connectivity index (χ1n) is 18.3. The maximum absolute atomic E-state index is 16.0. The Bertz CT molecular complexity index is 1760. The van der Waals surface area contributed by atoms with E-state index in [1.165, 1.54) is 0 Å². The summed E-state index contributed by atoms with van der Waals surface area (Å²) in [6.07, 6.45) is -3.84. The quantitative estimate of drug-likeness (QED) is 0.0798. The molecule has 0 aromatic heterocycles. The minimum atomic E-state index is -4.35. The van der Waals surface area contributed by atoms with Crippen LogP contribution in [0.5, 0.6) is 5.75 Å². The Balaban J connectivity index is 1.49. The maximum atomic E-state index is 16.0. The standard InChI is InChI=1S/C43H51F2N3O7/c1-29(2)37(28-53-25-32-14-8-5-9-15-32)47-41(51)43(44,45)39(49)36(24-31-20-22-35(23-21-31)54-26-33-16-10-6-11-17-33)46-40(50)38(30(3)4)48-42(52)55-27-34-18-12-7-13-19-34/h5-23,29-30,36-39,49H,24-28H2,1-4H3,(H,46,50)(H,47,51)(H,48,52)/t36-,37-,38-,39+/m0/s1.